The average molecular weight is 448 g/mol. The summed E-state index contributed by atoms with van der Waals surface area (Å²) >= 11 is 1.45. The molecule has 8 nitrogen and oxygen atoms in total. The molecule has 1 aromatic carbocycles. The van der Waals surface area contributed by atoms with Crippen molar-refractivity contribution in [2.45, 2.75) is 31.2 Å². The van der Waals surface area contributed by atoms with Crippen LogP contribution in [0.25, 0.3) is 0 Å². The summed E-state index contributed by atoms with van der Waals surface area (Å²) in [5.74, 6) is 0.113. The molecule has 0 fully saturated rings. The highest BCUT2D eigenvalue weighted by molar-refractivity contribution is 7.89. The van der Waals surface area contributed by atoms with Gasteiger partial charge in [-0.25, -0.2) is 18.1 Å². The van der Waals surface area contributed by atoms with Crippen LogP contribution in [-0.2, 0) is 23.5 Å². The van der Waals surface area contributed by atoms with Crippen molar-refractivity contribution >= 4 is 27.3 Å². The van der Waals surface area contributed by atoms with Crippen molar-refractivity contribution in [3.05, 3.63) is 64.4 Å². The number of nitrogens with one attached hydrogen (secondary N) is 2. The van der Waals surface area contributed by atoms with E-state index in [1.165, 1.54) is 28.4 Å². The lowest BCUT2D eigenvalue weighted by molar-refractivity contribution is 0.0932. The number of rotatable bonds is 9. The van der Waals surface area contributed by atoms with E-state index in [-0.39, 0.29) is 17.3 Å². The highest BCUT2D eigenvalue weighted by Gasteiger charge is 2.22. The van der Waals surface area contributed by atoms with Crippen LogP contribution < -0.4 is 10.0 Å². The van der Waals surface area contributed by atoms with Gasteiger partial charge in [-0.05, 0) is 11.5 Å². The van der Waals surface area contributed by atoms with Crippen LogP contribution >= 0.6 is 11.3 Å². The van der Waals surface area contributed by atoms with Crippen LogP contribution in [0.15, 0.2) is 53.0 Å². The number of carbonyl (C=O) groups excluding carboxylic acids is 1. The third kappa shape index (κ3) is 5.74. The Morgan fingerprint density at radius 1 is 1.23 bits per heavy atom. The fourth-order valence-electron chi connectivity index (χ4n) is 2.84. The molecule has 3 rings (SSSR count). The van der Waals surface area contributed by atoms with Gasteiger partial charge in [0.2, 0.25) is 10.0 Å². The van der Waals surface area contributed by atoms with Crippen molar-refractivity contribution in [1.82, 2.24) is 24.8 Å². The second kappa shape index (κ2) is 9.50. The number of thiazole rings is 1. The molecular formula is C20H25N5O3S2. The maximum absolute atomic E-state index is 12.8. The van der Waals surface area contributed by atoms with E-state index < -0.39 is 16.1 Å². The average Bonchev–Trinajstić information content (AvgIpc) is 3.35. The lowest BCUT2D eigenvalue weighted by Gasteiger charge is -2.19. The molecule has 10 heteroatoms. The molecule has 3 aromatic rings. The zero-order chi connectivity index (χ0) is 21.7. The van der Waals surface area contributed by atoms with Gasteiger partial charge in [0, 0.05) is 31.6 Å². The molecule has 0 bridgehead atoms. The third-order valence-electron chi connectivity index (χ3n) is 4.34. The van der Waals surface area contributed by atoms with Gasteiger partial charge in [-0.3, -0.25) is 9.48 Å². The summed E-state index contributed by atoms with van der Waals surface area (Å²) in [5, 5.41) is 9.44. The van der Waals surface area contributed by atoms with Gasteiger partial charge in [0.1, 0.15) is 10.6 Å². The van der Waals surface area contributed by atoms with Gasteiger partial charge < -0.3 is 5.32 Å². The van der Waals surface area contributed by atoms with Crippen molar-refractivity contribution in [1.29, 1.82) is 0 Å². The molecule has 160 valence electrons. The molecule has 0 radical (unpaired) electrons. The van der Waals surface area contributed by atoms with Gasteiger partial charge in [0.25, 0.3) is 5.91 Å². The highest BCUT2D eigenvalue weighted by atomic mass is 32.2. The zero-order valence-electron chi connectivity index (χ0n) is 17.1. The standard InChI is InChI=1S/C20H25N5O3S2/c1-14(2)9-19-23-18(13-29-19)20(26)24-17(15-7-5-4-6-8-15)11-22-30(27,28)16-10-21-25(3)12-16/h4-8,10,12-14,17,22H,9,11H2,1-3H3,(H,24,26). The molecule has 0 spiro atoms. The fraction of sp³-hybridized carbons (Fsp3) is 0.350. The van der Waals surface area contributed by atoms with E-state index in [1.54, 1.807) is 12.4 Å². The van der Waals surface area contributed by atoms with Crippen molar-refractivity contribution < 1.29 is 13.2 Å². The molecule has 0 saturated carbocycles. The Bertz CT molecular complexity index is 1090. The smallest absolute Gasteiger partial charge is 0.271 e. The van der Waals surface area contributed by atoms with Gasteiger partial charge in [-0.1, -0.05) is 44.2 Å². The van der Waals surface area contributed by atoms with E-state index in [0.29, 0.717) is 11.6 Å². The van der Waals surface area contributed by atoms with E-state index in [1.807, 2.05) is 30.3 Å². The van der Waals surface area contributed by atoms with Crippen LogP contribution in [0, 0.1) is 5.92 Å². The van der Waals surface area contributed by atoms with Gasteiger partial charge in [-0.15, -0.1) is 11.3 Å². The number of carbonyl (C=O) groups is 1. The summed E-state index contributed by atoms with van der Waals surface area (Å²) in [6.45, 7) is 4.19. The lowest BCUT2D eigenvalue weighted by Crippen LogP contribution is -2.38. The molecule has 2 heterocycles. The molecule has 1 atom stereocenters. The second-order valence-electron chi connectivity index (χ2n) is 7.36. The van der Waals surface area contributed by atoms with Crippen molar-refractivity contribution in [3.63, 3.8) is 0 Å². The van der Waals surface area contributed by atoms with Crippen molar-refractivity contribution in [2.75, 3.05) is 6.54 Å². The van der Waals surface area contributed by atoms with E-state index in [9.17, 15) is 13.2 Å². The van der Waals surface area contributed by atoms with Crippen LogP contribution in [0.1, 0.15) is 40.9 Å². The van der Waals surface area contributed by atoms with Gasteiger partial charge in [-0.2, -0.15) is 5.10 Å². The molecule has 0 saturated heterocycles. The van der Waals surface area contributed by atoms with Crippen LogP contribution in [0.3, 0.4) is 0 Å². The first-order valence-corrected chi connectivity index (χ1v) is 11.9. The largest absolute Gasteiger partial charge is 0.343 e. The van der Waals surface area contributed by atoms with Gasteiger partial charge in [0.05, 0.1) is 17.2 Å². The Morgan fingerprint density at radius 2 is 1.97 bits per heavy atom. The lowest BCUT2D eigenvalue weighted by atomic mass is 10.1. The minimum atomic E-state index is -3.75. The Labute approximate surface area is 180 Å². The molecule has 30 heavy (non-hydrogen) atoms. The predicted molar refractivity (Wildman–Crippen MR) is 116 cm³/mol. The number of aromatic nitrogens is 3. The van der Waals surface area contributed by atoms with Gasteiger partial charge >= 0.3 is 0 Å². The summed E-state index contributed by atoms with van der Waals surface area (Å²) in [6.07, 6.45) is 3.51. The number of hydrogen-bond acceptors (Lipinski definition) is 6. The summed E-state index contributed by atoms with van der Waals surface area (Å²) in [6, 6.07) is 8.67. The van der Waals surface area contributed by atoms with E-state index in [2.05, 4.69) is 34.0 Å². The molecule has 0 aliphatic rings. The van der Waals surface area contributed by atoms with Crippen LogP contribution in [0.4, 0.5) is 0 Å². The monoisotopic (exact) mass is 447 g/mol. The molecule has 2 aromatic heterocycles. The first-order chi connectivity index (χ1) is 14.2. The molecule has 1 amide bonds. The number of amides is 1. The van der Waals surface area contributed by atoms with Gasteiger partial charge in [0.15, 0.2) is 0 Å². The topological polar surface area (TPSA) is 106 Å². The highest BCUT2D eigenvalue weighted by Crippen LogP contribution is 2.17. The van der Waals surface area contributed by atoms with Crippen LogP contribution in [-0.4, -0.2) is 35.6 Å². The Balaban J connectivity index is 1.75. The minimum absolute atomic E-state index is 0.00400. The zero-order valence-corrected chi connectivity index (χ0v) is 18.7. The number of hydrogen-bond donors (Lipinski definition) is 2. The molecule has 0 aliphatic heterocycles. The number of nitrogens with zero attached hydrogens (tertiary/aromatic N) is 3. The maximum Gasteiger partial charge on any atom is 0.271 e. The van der Waals surface area contributed by atoms with E-state index in [0.717, 1.165) is 17.0 Å². The SMILES string of the molecule is CC(C)Cc1nc(C(=O)NC(CNS(=O)(=O)c2cnn(C)c2)c2ccccc2)cs1. The van der Waals surface area contributed by atoms with Crippen LogP contribution in [0.5, 0.6) is 0 Å². The molecule has 0 aliphatic carbocycles. The second-order valence-corrected chi connectivity index (χ2v) is 10.1. The Kier molecular flexibility index (Phi) is 7.01. The van der Waals surface area contributed by atoms with Crippen molar-refractivity contribution in [2.24, 2.45) is 13.0 Å². The Hall–Kier alpha value is -2.56. The number of aryl methyl sites for hydroxylation is 1. The summed E-state index contributed by atoms with van der Waals surface area (Å²) in [4.78, 5) is 17.3. The minimum Gasteiger partial charge on any atom is -0.343 e. The van der Waals surface area contributed by atoms with Crippen LogP contribution in [0.2, 0.25) is 0 Å². The fourth-order valence-corrected chi connectivity index (χ4v) is 4.86. The molecule has 2 N–H and O–H groups in total. The molecule has 1 unspecified atom stereocenters. The summed E-state index contributed by atoms with van der Waals surface area (Å²) in [7, 11) is -2.10. The third-order valence-corrected chi connectivity index (χ3v) is 6.59. The van der Waals surface area contributed by atoms with E-state index in [4.69, 9.17) is 0 Å². The first-order valence-electron chi connectivity index (χ1n) is 9.53. The molecular weight excluding hydrogens is 422 g/mol. The van der Waals surface area contributed by atoms with E-state index >= 15 is 0 Å². The number of sulfonamides is 1. The maximum atomic E-state index is 12.8. The first kappa shape index (κ1) is 22.1. The quantitative estimate of drug-likeness (QED) is 0.524. The summed E-state index contributed by atoms with van der Waals surface area (Å²) in [5.41, 5.74) is 1.13. The summed E-state index contributed by atoms with van der Waals surface area (Å²) < 4.78 is 29.1. The predicted octanol–water partition coefficient (Wildman–Crippen LogP) is 2.52. The number of benzene rings is 1. The Morgan fingerprint density at radius 3 is 2.60 bits per heavy atom. The van der Waals surface area contributed by atoms with Crippen molar-refractivity contribution in [3.8, 4) is 0 Å². The normalized spacial score (nSPS) is 12.8.